The summed E-state index contributed by atoms with van der Waals surface area (Å²) in [6.07, 6.45) is -1.40. The Labute approximate surface area is 219 Å². The minimum absolute atomic E-state index is 0.148. The van der Waals surface area contributed by atoms with E-state index in [2.05, 4.69) is 25.4 Å². The summed E-state index contributed by atoms with van der Waals surface area (Å²) >= 11 is 0. The molecule has 0 bridgehead atoms. The Morgan fingerprint density at radius 2 is 1.92 bits per heavy atom. The number of nitrogens with zero attached hydrogens (tertiary/aromatic N) is 6. The summed E-state index contributed by atoms with van der Waals surface area (Å²) in [5, 5.41) is 9.53. The molecule has 0 radical (unpaired) electrons. The molecule has 1 aromatic carbocycles. The average molecular weight is 538 g/mol. The number of hydrogen-bond donors (Lipinski definition) is 1. The molecule has 1 amide bonds. The van der Waals surface area contributed by atoms with E-state index in [1.807, 2.05) is 24.3 Å². The Bertz CT molecular complexity index is 1700. The van der Waals surface area contributed by atoms with Crippen LogP contribution in [-0.2, 0) is 6.54 Å². The zero-order valence-electron chi connectivity index (χ0n) is 20.7. The predicted octanol–water partition coefficient (Wildman–Crippen LogP) is 4.45. The second-order valence-electron chi connectivity index (χ2n) is 9.09. The number of pyridine rings is 2. The van der Waals surface area contributed by atoms with E-state index < -0.39 is 12.8 Å². The number of hydrogen-bond acceptors (Lipinski definition) is 8. The number of aromatic nitrogens is 5. The van der Waals surface area contributed by atoms with Crippen molar-refractivity contribution in [2.45, 2.75) is 19.6 Å². The molecule has 0 saturated heterocycles. The summed E-state index contributed by atoms with van der Waals surface area (Å²) in [5.41, 5.74) is 1.78. The summed E-state index contributed by atoms with van der Waals surface area (Å²) in [6.45, 7) is 2.05. The number of halogens is 3. The molecule has 13 heteroatoms. The molecular formula is C26H22F3N7O3. The number of rotatable bonds is 7. The third-order valence-electron chi connectivity index (χ3n) is 6.49. The molecule has 0 spiro atoms. The molecule has 0 fully saturated rings. The lowest BCUT2D eigenvalue weighted by atomic mass is 10.1. The van der Waals surface area contributed by atoms with Crippen LogP contribution in [0.15, 0.2) is 53.3 Å². The second kappa shape index (κ2) is 9.57. The monoisotopic (exact) mass is 537 g/mol. The molecule has 5 heterocycles. The van der Waals surface area contributed by atoms with E-state index >= 15 is 0 Å². The minimum Gasteiger partial charge on any atom is -0.468 e. The lowest BCUT2D eigenvalue weighted by Crippen LogP contribution is -2.42. The van der Waals surface area contributed by atoms with Crippen LogP contribution in [0.3, 0.4) is 0 Å². The van der Waals surface area contributed by atoms with E-state index in [9.17, 15) is 18.0 Å². The molecule has 1 N–H and O–H groups in total. The van der Waals surface area contributed by atoms with Crippen molar-refractivity contribution >= 4 is 33.4 Å². The molecule has 10 nitrogen and oxygen atoms in total. The van der Waals surface area contributed by atoms with Gasteiger partial charge in [-0.15, -0.1) is 0 Å². The van der Waals surface area contributed by atoms with Gasteiger partial charge in [0.1, 0.15) is 11.5 Å². The van der Waals surface area contributed by atoms with Crippen molar-refractivity contribution in [2.24, 2.45) is 0 Å². The summed E-state index contributed by atoms with van der Waals surface area (Å²) in [6, 6.07) is 10.9. The quantitative estimate of drug-likeness (QED) is 0.324. The zero-order valence-corrected chi connectivity index (χ0v) is 20.7. The highest BCUT2D eigenvalue weighted by Gasteiger charge is 2.31. The van der Waals surface area contributed by atoms with Crippen molar-refractivity contribution in [3.8, 4) is 17.3 Å². The SMILES string of the molecule is Cc1nc(-c2ccc3ccnc(NCCN4CCn5c(cc6c(OCC(F)(F)F)nccc65)C4=O)c3c2)no1. The van der Waals surface area contributed by atoms with Crippen LogP contribution < -0.4 is 10.1 Å². The van der Waals surface area contributed by atoms with Crippen LogP contribution in [0.25, 0.3) is 33.1 Å². The third-order valence-corrected chi connectivity index (χ3v) is 6.49. The zero-order chi connectivity index (χ0) is 27.1. The van der Waals surface area contributed by atoms with E-state index in [4.69, 9.17) is 9.26 Å². The molecule has 1 aliphatic rings. The van der Waals surface area contributed by atoms with Crippen molar-refractivity contribution in [3.63, 3.8) is 0 Å². The van der Waals surface area contributed by atoms with Gasteiger partial charge in [-0.05, 0) is 29.7 Å². The number of carbonyl (C=O) groups excluding carboxylic acids is 1. The molecule has 0 unspecified atom stereocenters. The lowest BCUT2D eigenvalue weighted by molar-refractivity contribution is -0.153. The largest absolute Gasteiger partial charge is 0.468 e. The van der Waals surface area contributed by atoms with E-state index in [1.54, 1.807) is 34.7 Å². The van der Waals surface area contributed by atoms with Gasteiger partial charge in [0.15, 0.2) is 6.61 Å². The first-order valence-electron chi connectivity index (χ1n) is 12.2. The first kappa shape index (κ1) is 24.6. The Morgan fingerprint density at radius 1 is 1.08 bits per heavy atom. The minimum atomic E-state index is -4.49. The van der Waals surface area contributed by atoms with Crippen LogP contribution in [0.1, 0.15) is 16.4 Å². The molecule has 200 valence electrons. The molecule has 0 atom stereocenters. The summed E-state index contributed by atoms with van der Waals surface area (Å²) in [5.74, 6) is 1.25. The third kappa shape index (κ3) is 4.82. The highest BCUT2D eigenvalue weighted by molar-refractivity contribution is 6.00. The summed E-state index contributed by atoms with van der Waals surface area (Å²) in [7, 11) is 0. The Balaban J connectivity index is 1.18. The number of amides is 1. The van der Waals surface area contributed by atoms with Gasteiger partial charge >= 0.3 is 6.18 Å². The van der Waals surface area contributed by atoms with Gasteiger partial charge in [0, 0.05) is 56.4 Å². The summed E-state index contributed by atoms with van der Waals surface area (Å²) < 4.78 is 49.8. The smallest absolute Gasteiger partial charge is 0.422 e. The highest BCUT2D eigenvalue weighted by atomic mass is 19.4. The lowest BCUT2D eigenvalue weighted by Gasteiger charge is -2.29. The number of anilines is 1. The number of alkyl halides is 3. The van der Waals surface area contributed by atoms with Crippen molar-refractivity contribution in [3.05, 3.63) is 60.4 Å². The van der Waals surface area contributed by atoms with Crippen LogP contribution in [-0.4, -0.2) is 67.9 Å². The molecule has 1 aliphatic heterocycles. The van der Waals surface area contributed by atoms with Crippen molar-refractivity contribution in [1.29, 1.82) is 0 Å². The molecular weight excluding hydrogens is 515 g/mol. The van der Waals surface area contributed by atoms with Crippen LogP contribution in [0.2, 0.25) is 0 Å². The Kier molecular flexibility index (Phi) is 6.04. The molecule has 6 rings (SSSR count). The number of fused-ring (bicyclic) bond motifs is 4. The average Bonchev–Trinajstić information content (AvgIpc) is 3.52. The first-order valence-corrected chi connectivity index (χ1v) is 12.2. The van der Waals surface area contributed by atoms with Gasteiger partial charge in [-0.2, -0.15) is 18.2 Å². The fourth-order valence-corrected chi connectivity index (χ4v) is 4.71. The second-order valence-corrected chi connectivity index (χ2v) is 9.09. The van der Waals surface area contributed by atoms with Crippen LogP contribution in [0, 0.1) is 6.92 Å². The Morgan fingerprint density at radius 3 is 2.72 bits per heavy atom. The molecule has 4 aromatic heterocycles. The fourth-order valence-electron chi connectivity index (χ4n) is 4.71. The van der Waals surface area contributed by atoms with Gasteiger partial charge in [0.05, 0.1) is 10.9 Å². The highest BCUT2D eigenvalue weighted by Crippen LogP contribution is 2.31. The number of nitrogens with one attached hydrogen (secondary N) is 1. The number of ether oxygens (including phenoxy) is 1. The number of aryl methyl sites for hydroxylation is 1. The fraction of sp³-hybridized carbons (Fsp3) is 0.269. The van der Waals surface area contributed by atoms with Crippen molar-refractivity contribution in [1.82, 2.24) is 29.6 Å². The van der Waals surface area contributed by atoms with Crippen LogP contribution in [0.5, 0.6) is 5.88 Å². The maximum Gasteiger partial charge on any atom is 0.422 e. The summed E-state index contributed by atoms with van der Waals surface area (Å²) in [4.78, 5) is 27.7. The van der Waals surface area contributed by atoms with E-state index in [0.717, 1.165) is 16.3 Å². The maximum absolute atomic E-state index is 13.3. The van der Waals surface area contributed by atoms with Crippen LogP contribution in [0.4, 0.5) is 19.0 Å². The van der Waals surface area contributed by atoms with Crippen molar-refractivity contribution < 1.29 is 27.2 Å². The predicted molar refractivity (Wildman–Crippen MR) is 135 cm³/mol. The number of benzene rings is 1. The van der Waals surface area contributed by atoms with E-state index in [0.29, 0.717) is 60.3 Å². The van der Waals surface area contributed by atoms with E-state index in [-0.39, 0.29) is 11.8 Å². The normalized spacial score (nSPS) is 13.7. The van der Waals surface area contributed by atoms with Gasteiger partial charge in [0.2, 0.25) is 17.6 Å². The van der Waals surface area contributed by atoms with Crippen molar-refractivity contribution in [2.75, 3.05) is 31.6 Å². The van der Waals surface area contributed by atoms with Gasteiger partial charge in [-0.1, -0.05) is 17.3 Å². The Hall–Kier alpha value is -4.68. The molecule has 5 aromatic rings. The molecule has 39 heavy (non-hydrogen) atoms. The number of carbonyl (C=O) groups is 1. The van der Waals surface area contributed by atoms with E-state index in [1.165, 1.54) is 6.20 Å². The topological polar surface area (TPSA) is 111 Å². The first-order chi connectivity index (χ1) is 18.8. The maximum atomic E-state index is 13.3. The van der Waals surface area contributed by atoms with Gasteiger partial charge in [0.25, 0.3) is 5.91 Å². The van der Waals surface area contributed by atoms with Gasteiger partial charge in [-0.3, -0.25) is 4.79 Å². The molecule has 0 aliphatic carbocycles. The standard InChI is InChI=1S/C26H22F3N7O3/c1-15-33-22(34-39-15)17-3-2-16-4-6-30-23(18(16)12-17)31-8-9-35-10-11-36-20-5-7-32-24(38-14-26(27,28)29)19(20)13-21(36)25(35)37/h2-7,12-13H,8-11,14H2,1H3,(H,30,31). The van der Waals surface area contributed by atoms with Gasteiger partial charge in [-0.25, -0.2) is 9.97 Å². The van der Waals surface area contributed by atoms with Crippen LogP contribution >= 0.6 is 0 Å². The van der Waals surface area contributed by atoms with Gasteiger partial charge < -0.3 is 24.0 Å². The molecule has 0 saturated carbocycles.